The Morgan fingerprint density at radius 2 is 1.81 bits per heavy atom. The molecule has 3 rings (SSSR count). The minimum absolute atomic E-state index is 0.291. The lowest BCUT2D eigenvalue weighted by Crippen LogP contribution is -2.19. The highest BCUT2D eigenvalue weighted by atomic mass is 32.1. The lowest BCUT2D eigenvalue weighted by molar-refractivity contribution is 0.262. The summed E-state index contributed by atoms with van der Waals surface area (Å²) in [5, 5.41) is 14.5. The molecular weight excluding hydrogens is 364 g/mol. The van der Waals surface area contributed by atoms with E-state index in [9.17, 15) is 4.79 Å². The van der Waals surface area contributed by atoms with E-state index in [0.717, 1.165) is 16.9 Å². The average Bonchev–Trinajstić information content (AvgIpc) is 3.06. The number of hydrogen-bond donors (Lipinski definition) is 2. The molecule has 0 bridgehead atoms. The molecule has 0 aliphatic carbocycles. The Morgan fingerprint density at radius 1 is 1.04 bits per heavy atom. The number of ether oxygens (including phenoxy) is 2. The van der Waals surface area contributed by atoms with E-state index in [-0.39, 0.29) is 0 Å². The van der Waals surface area contributed by atoms with Crippen LogP contribution in [0.15, 0.2) is 42.5 Å². The van der Waals surface area contributed by atoms with Crippen LogP contribution in [0.2, 0.25) is 0 Å². The van der Waals surface area contributed by atoms with E-state index in [4.69, 9.17) is 9.47 Å². The van der Waals surface area contributed by atoms with Crippen molar-refractivity contribution in [3.8, 4) is 11.5 Å². The summed E-state index contributed by atoms with van der Waals surface area (Å²) in [6.45, 7) is 4.33. The summed E-state index contributed by atoms with van der Waals surface area (Å²) in [6.07, 6.45) is 0. The van der Waals surface area contributed by atoms with Gasteiger partial charge < -0.3 is 14.8 Å². The van der Waals surface area contributed by atoms with Crippen LogP contribution in [-0.2, 0) is 6.61 Å². The van der Waals surface area contributed by atoms with Gasteiger partial charge in [-0.3, -0.25) is 5.32 Å². The van der Waals surface area contributed by atoms with Crippen LogP contribution in [0.25, 0.3) is 0 Å². The molecule has 3 aromatic rings. The van der Waals surface area contributed by atoms with Gasteiger partial charge in [-0.1, -0.05) is 23.5 Å². The summed E-state index contributed by atoms with van der Waals surface area (Å²) in [5.41, 5.74) is 2.90. The number of methoxy groups -OCH3 is 1. The van der Waals surface area contributed by atoms with E-state index in [1.807, 2.05) is 26.0 Å². The highest BCUT2D eigenvalue weighted by Crippen LogP contribution is 2.21. The number of aryl methyl sites for hydroxylation is 2. The summed E-state index contributed by atoms with van der Waals surface area (Å²) < 4.78 is 10.9. The third-order valence-electron chi connectivity index (χ3n) is 3.57. The first-order valence-corrected chi connectivity index (χ1v) is 9.09. The molecule has 0 radical (unpaired) electrons. The maximum absolute atomic E-state index is 12.1. The van der Waals surface area contributed by atoms with Crippen LogP contribution in [0.3, 0.4) is 0 Å². The Hall–Kier alpha value is -3.13. The van der Waals surface area contributed by atoms with Crippen molar-refractivity contribution >= 4 is 28.2 Å². The second-order valence-electron chi connectivity index (χ2n) is 5.92. The van der Waals surface area contributed by atoms with Crippen LogP contribution in [0.4, 0.5) is 15.6 Å². The molecule has 27 heavy (non-hydrogen) atoms. The van der Waals surface area contributed by atoms with Crippen LogP contribution in [0.1, 0.15) is 16.1 Å². The predicted octanol–water partition coefficient (Wildman–Crippen LogP) is 4.39. The Morgan fingerprint density at radius 3 is 2.56 bits per heavy atom. The van der Waals surface area contributed by atoms with Gasteiger partial charge in [0, 0.05) is 11.8 Å². The SMILES string of the molecule is COc1cccc(NC(=O)Nc2nnc(COc3cc(C)cc(C)c3)s2)c1. The zero-order chi connectivity index (χ0) is 19.2. The first-order chi connectivity index (χ1) is 13.0. The fourth-order valence-electron chi connectivity index (χ4n) is 2.48. The normalized spacial score (nSPS) is 10.3. The second-order valence-corrected chi connectivity index (χ2v) is 6.99. The van der Waals surface area contributed by atoms with E-state index >= 15 is 0 Å². The highest BCUT2D eigenvalue weighted by Gasteiger charge is 2.09. The monoisotopic (exact) mass is 384 g/mol. The average molecular weight is 384 g/mol. The molecule has 140 valence electrons. The minimum Gasteiger partial charge on any atom is -0.497 e. The summed E-state index contributed by atoms with van der Waals surface area (Å²) in [7, 11) is 1.57. The van der Waals surface area contributed by atoms with Gasteiger partial charge in [-0.25, -0.2) is 4.79 Å². The van der Waals surface area contributed by atoms with Crippen molar-refractivity contribution in [1.29, 1.82) is 0 Å². The lowest BCUT2D eigenvalue weighted by Gasteiger charge is -2.07. The maximum atomic E-state index is 12.1. The largest absolute Gasteiger partial charge is 0.497 e. The molecule has 0 unspecified atom stereocenters. The predicted molar refractivity (Wildman–Crippen MR) is 106 cm³/mol. The van der Waals surface area contributed by atoms with E-state index in [1.165, 1.54) is 11.3 Å². The lowest BCUT2D eigenvalue weighted by atomic mass is 10.1. The number of hydrogen-bond acceptors (Lipinski definition) is 6. The number of rotatable bonds is 6. The van der Waals surface area contributed by atoms with E-state index < -0.39 is 6.03 Å². The summed E-state index contributed by atoms with van der Waals surface area (Å²) >= 11 is 1.26. The Labute approximate surface area is 161 Å². The van der Waals surface area contributed by atoms with Gasteiger partial charge >= 0.3 is 6.03 Å². The molecule has 1 aromatic heterocycles. The molecule has 0 saturated carbocycles. The number of aromatic nitrogens is 2. The Balaban J connectivity index is 1.54. The molecule has 2 amide bonds. The number of nitrogens with one attached hydrogen (secondary N) is 2. The fourth-order valence-corrected chi connectivity index (χ4v) is 3.13. The van der Waals surface area contributed by atoms with Crippen molar-refractivity contribution in [2.75, 3.05) is 17.7 Å². The topological polar surface area (TPSA) is 85.4 Å². The summed E-state index contributed by atoms with van der Waals surface area (Å²) in [5.74, 6) is 1.45. The van der Waals surface area contributed by atoms with Crippen molar-refractivity contribution in [3.05, 3.63) is 58.6 Å². The zero-order valence-electron chi connectivity index (χ0n) is 15.3. The van der Waals surface area contributed by atoms with Gasteiger partial charge in [-0.2, -0.15) is 0 Å². The number of carbonyl (C=O) groups excluding carboxylic acids is 1. The van der Waals surface area contributed by atoms with Crippen molar-refractivity contribution < 1.29 is 14.3 Å². The summed E-state index contributed by atoms with van der Waals surface area (Å²) in [6, 6.07) is 12.7. The van der Waals surface area contributed by atoms with Gasteiger partial charge in [-0.05, 0) is 49.2 Å². The molecule has 0 aliphatic rings. The van der Waals surface area contributed by atoms with Crippen molar-refractivity contribution in [1.82, 2.24) is 10.2 Å². The van der Waals surface area contributed by atoms with Crippen molar-refractivity contribution in [2.45, 2.75) is 20.5 Å². The molecule has 2 N–H and O–H groups in total. The molecule has 1 heterocycles. The molecular formula is C19H20N4O3S. The van der Waals surface area contributed by atoms with E-state index in [2.05, 4.69) is 26.9 Å². The molecule has 2 aromatic carbocycles. The van der Waals surface area contributed by atoms with Gasteiger partial charge in [-0.15, -0.1) is 10.2 Å². The Kier molecular flexibility index (Phi) is 5.87. The number of benzene rings is 2. The maximum Gasteiger partial charge on any atom is 0.325 e. The van der Waals surface area contributed by atoms with Crippen LogP contribution < -0.4 is 20.1 Å². The second kappa shape index (κ2) is 8.50. The quantitative estimate of drug-likeness (QED) is 0.658. The minimum atomic E-state index is -0.402. The molecule has 7 nitrogen and oxygen atoms in total. The molecule has 0 atom stereocenters. The van der Waals surface area contributed by atoms with Gasteiger partial charge in [0.1, 0.15) is 18.1 Å². The van der Waals surface area contributed by atoms with Crippen LogP contribution >= 0.6 is 11.3 Å². The van der Waals surface area contributed by atoms with Crippen molar-refractivity contribution in [3.63, 3.8) is 0 Å². The number of carbonyl (C=O) groups is 1. The number of urea groups is 1. The first-order valence-electron chi connectivity index (χ1n) is 8.27. The highest BCUT2D eigenvalue weighted by molar-refractivity contribution is 7.15. The third kappa shape index (κ3) is 5.42. The van der Waals surface area contributed by atoms with Crippen LogP contribution in [0.5, 0.6) is 11.5 Å². The van der Waals surface area contributed by atoms with E-state index in [1.54, 1.807) is 31.4 Å². The van der Waals surface area contributed by atoms with E-state index in [0.29, 0.717) is 28.2 Å². The fraction of sp³-hybridized carbons (Fsp3) is 0.211. The number of anilines is 2. The van der Waals surface area contributed by atoms with Gasteiger partial charge in [0.2, 0.25) is 5.13 Å². The van der Waals surface area contributed by atoms with Crippen molar-refractivity contribution in [2.24, 2.45) is 0 Å². The number of amides is 2. The summed E-state index contributed by atoms with van der Waals surface area (Å²) in [4.78, 5) is 12.1. The van der Waals surface area contributed by atoms with Gasteiger partial charge in [0.25, 0.3) is 0 Å². The zero-order valence-corrected chi connectivity index (χ0v) is 16.1. The van der Waals surface area contributed by atoms with Crippen LogP contribution in [-0.4, -0.2) is 23.3 Å². The molecule has 0 fully saturated rings. The van der Waals surface area contributed by atoms with Gasteiger partial charge in [0.15, 0.2) is 5.01 Å². The first kappa shape index (κ1) is 18.7. The molecule has 0 aliphatic heterocycles. The molecule has 8 heteroatoms. The van der Waals surface area contributed by atoms with Crippen LogP contribution in [0, 0.1) is 13.8 Å². The smallest absolute Gasteiger partial charge is 0.325 e. The number of nitrogens with zero attached hydrogens (tertiary/aromatic N) is 2. The third-order valence-corrected chi connectivity index (χ3v) is 4.38. The molecule has 0 spiro atoms. The van der Waals surface area contributed by atoms with Gasteiger partial charge in [0.05, 0.1) is 7.11 Å². The molecule has 0 saturated heterocycles. The standard InChI is InChI=1S/C19H20N4O3S/c1-12-7-13(2)9-16(8-12)26-11-17-22-23-19(27-17)21-18(24)20-14-5-4-6-15(10-14)25-3/h4-10H,11H2,1-3H3,(H2,20,21,23,24). The Bertz CT molecular complexity index is 922.